The van der Waals surface area contributed by atoms with Crippen LogP contribution in [0, 0.1) is 13.8 Å². The van der Waals surface area contributed by atoms with Crippen molar-refractivity contribution in [2.75, 3.05) is 0 Å². The Hall–Kier alpha value is -1.76. The molecule has 0 atom stereocenters. The monoisotopic (exact) mass is 226 g/mol. The van der Waals surface area contributed by atoms with Crippen molar-refractivity contribution in [2.45, 2.75) is 27.2 Å². The minimum Gasteiger partial charge on any atom is -0.507 e. The van der Waals surface area contributed by atoms with E-state index in [-0.39, 0.29) is 0 Å². The van der Waals surface area contributed by atoms with Crippen molar-refractivity contribution in [2.24, 2.45) is 0 Å². The van der Waals surface area contributed by atoms with Crippen LogP contribution in [0.2, 0.25) is 0 Å². The number of benzene rings is 2. The van der Waals surface area contributed by atoms with Crippen LogP contribution < -0.4 is 0 Å². The van der Waals surface area contributed by atoms with Gasteiger partial charge in [0.15, 0.2) is 0 Å². The third-order valence-electron chi connectivity index (χ3n) is 3.00. The first-order valence-corrected chi connectivity index (χ1v) is 6.00. The van der Waals surface area contributed by atoms with Crippen LogP contribution in [0.3, 0.4) is 0 Å². The van der Waals surface area contributed by atoms with Gasteiger partial charge in [-0.25, -0.2) is 0 Å². The topological polar surface area (TPSA) is 20.2 Å². The first kappa shape index (κ1) is 11.7. The van der Waals surface area contributed by atoms with E-state index in [9.17, 15) is 5.11 Å². The molecule has 0 saturated heterocycles. The zero-order chi connectivity index (χ0) is 12.4. The SMILES string of the molecule is CCc1ccc(O)c(-c2cc(C)cc(C)c2)c1. The molecule has 1 nitrogen and oxygen atoms in total. The third-order valence-corrected chi connectivity index (χ3v) is 3.00. The number of phenols is 1. The summed E-state index contributed by atoms with van der Waals surface area (Å²) in [6.45, 7) is 6.28. The minimum absolute atomic E-state index is 0.354. The van der Waals surface area contributed by atoms with Crippen LogP contribution in [0.25, 0.3) is 11.1 Å². The molecule has 0 bridgehead atoms. The van der Waals surface area contributed by atoms with Gasteiger partial charge < -0.3 is 5.11 Å². The standard InChI is InChI=1S/C16H18O/c1-4-13-5-6-16(17)15(10-13)14-8-11(2)7-12(3)9-14/h5-10,17H,4H2,1-3H3. The second-order valence-electron chi connectivity index (χ2n) is 4.58. The van der Waals surface area contributed by atoms with E-state index in [0.29, 0.717) is 5.75 Å². The van der Waals surface area contributed by atoms with Gasteiger partial charge in [-0.3, -0.25) is 0 Å². The van der Waals surface area contributed by atoms with Gasteiger partial charge in [0.25, 0.3) is 0 Å². The Balaban J connectivity index is 2.58. The van der Waals surface area contributed by atoms with Gasteiger partial charge in [-0.1, -0.05) is 42.3 Å². The maximum atomic E-state index is 9.97. The number of aryl methyl sites for hydroxylation is 3. The van der Waals surface area contributed by atoms with Crippen LogP contribution in [0.5, 0.6) is 5.75 Å². The highest BCUT2D eigenvalue weighted by Gasteiger charge is 2.06. The lowest BCUT2D eigenvalue weighted by atomic mass is 9.98. The second-order valence-corrected chi connectivity index (χ2v) is 4.58. The molecule has 0 saturated carbocycles. The van der Waals surface area contributed by atoms with Crippen LogP contribution in [0.4, 0.5) is 0 Å². The Morgan fingerprint density at radius 3 is 2.18 bits per heavy atom. The molecule has 2 rings (SSSR count). The molecule has 1 heteroatoms. The number of hydrogen-bond donors (Lipinski definition) is 1. The molecular formula is C16H18O. The highest BCUT2D eigenvalue weighted by Crippen LogP contribution is 2.31. The van der Waals surface area contributed by atoms with Gasteiger partial charge >= 0.3 is 0 Å². The van der Waals surface area contributed by atoms with E-state index >= 15 is 0 Å². The zero-order valence-corrected chi connectivity index (χ0v) is 10.6. The van der Waals surface area contributed by atoms with E-state index in [0.717, 1.165) is 17.5 Å². The van der Waals surface area contributed by atoms with Crippen LogP contribution in [-0.4, -0.2) is 5.11 Å². The van der Waals surface area contributed by atoms with E-state index in [1.165, 1.54) is 16.7 Å². The molecule has 0 aliphatic carbocycles. The molecule has 0 radical (unpaired) electrons. The lowest BCUT2D eigenvalue weighted by Gasteiger charge is -2.09. The molecule has 88 valence electrons. The fourth-order valence-corrected chi connectivity index (χ4v) is 2.16. The van der Waals surface area contributed by atoms with Crippen LogP contribution in [-0.2, 0) is 6.42 Å². The molecule has 0 aliphatic heterocycles. The van der Waals surface area contributed by atoms with E-state index in [1.807, 2.05) is 6.07 Å². The smallest absolute Gasteiger partial charge is 0.123 e. The lowest BCUT2D eigenvalue weighted by molar-refractivity contribution is 0.477. The molecule has 0 unspecified atom stereocenters. The zero-order valence-electron chi connectivity index (χ0n) is 10.6. The van der Waals surface area contributed by atoms with Crippen molar-refractivity contribution in [1.29, 1.82) is 0 Å². The Kier molecular flexibility index (Phi) is 3.19. The molecule has 2 aromatic carbocycles. The number of rotatable bonds is 2. The van der Waals surface area contributed by atoms with E-state index in [4.69, 9.17) is 0 Å². The quantitative estimate of drug-likeness (QED) is 0.812. The summed E-state index contributed by atoms with van der Waals surface area (Å²) in [5.41, 5.74) is 5.71. The van der Waals surface area contributed by atoms with Crippen LogP contribution in [0.1, 0.15) is 23.6 Å². The summed E-state index contributed by atoms with van der Waals surface area (Å²) in [4.78, 5) is 0. The van der Waals surface area contributed by atoms with Crippen molar-refractivity contribution in [3.63, 3.8) is 0 Å². The molecule has 17 heavy (non-hydrogen) atoms. The van der Waals surface area contributed by atoms with E-state index < -0.39 is 0 Å². The highest BCUT2D eigenvalue weighted by molar-refractivity contribution is 5.72. The average Bonchev–Trinajstić information content (AvgIpc) is 2.28. The number of hydrogen-bond acceptors (Lipinski definition) is 1. The molecule has 0 amide bonds. The molecule has 0 aliphatic rings. The van der Waals surface area contributed by atoms with Gasteiger partial charge in [0.1, 0.15) is 5.75 Å². The molecule has 2 aromatic rings. The summed E-state index contributed by atoms with van der Waals surface area (Å²) in [5, 5.41) is 9.97. The van der Waals surface area contributed by atoms with Gasteiger partial charge in [-0.15, -0.1) is 0 Å². The fourth-order valence-electron chi connectivity index (χ4n) is 2.16. The predicted molar refractivity (Wildman–Crippen MR) is 72.4 cm³/mol. The van der Waals surface area contributed by atoms with Crippen LogP contribution >= 0.6 is 0 Å². The van der Waals surface area contributed by atoms with Gasteiger partial charge in [0, 0.05) is 5.56 Å². The summed E-state index contributed by atoms with van der Waals surface area (Å²) in [6.07, 6.45) is 0.984. The van der Waals surface area contributed by atoms with Gasteiger partial charge in [-0.2, -0.15) is 0 Å². The summed E-state index contributed by atoms with van der Waals surface area (Å²) >= 11 is 0. The first-order valence-electron chi connectivity index (χ1n) is 6.00. The average molecular weight is 226 g/mol. The normalized spacial score (nSPS) is 10.5. The minimum atomic E-state index is 0.354. The molecular weight excluding hydrogens is 208 g/mol. The van der Waals surface area contributed by atoms with Crippen molar-refractivity contribution in [3.05, 3.63) is 53.1 Å². The molecule has 1 N–H and O–H groups in total. The van der Waals surface area contributed by atoms with Gasteiger partial charge in [0.05, 0.1) is 0 Å². The van der Waals surface area contributed by atoms with Gasteiger partial charge in [0.2, 0.25) is 0 Å². The second kappa shape index (κ2) is 4.62. The van der Waals surface area contributed by atoms with E-state index in [1.54, 1.807) is 6.07 Å². The summed E-state index contributed by atoms with van der Waals surface area (Å²) < 4.78 is 0. The Morgan fingerprint density at radius 1 is 0.941 bits per heavy atom. The highest BCUT2D eigenvalue weighted by atomic mass is 16.3. The summed E-state index contributed by atoms with van der Waals surface area (Å²) in [5.74, 6) is 0.354. The van der Waals surface area contributed by atoms with Crippen molar-refractivity contribution >= 4 is 0 Å². The predicted octanol–water partition coefficient (Wildman–Crippen LogP) is 4.24. The van der Waals surface area contributed by atoms with Crippen molar-refractivity contribution in [3.8, 4) is 16.9 Å². The molecule has 0 fully saturated rings. The number of phenolic OH excluding ortho intramolecular Hbond substituents is 1. The molecule has 0 aromatic heterocycles. The third kappa shape index (κ3) is 2.50. The summed E-state index contributed by atoms with van der Waals surface area (Å²) in [6, 6.07) is 12.2. The Labute approximate surface area is 103 Å². The maximum absolute atomic E-state index is 9.97. The first-order chi connectivity index (χ1) is 8.10. The van der Waals surface area contributed by atoms with E-state index in [2.05, 4.69) is 45.0 Å². The summed E-state index contributed by atoms with van der Waals surface area (Å²) in [7, 11) is 0. The molecule has 0 heterocycles. The Bertz CT molecular complexity index is 521. The maximum Gasteiger partial charge on any atom is 0.123 e. The van der Waals surface area contributed by atoms with Crippen molar-refractivity contribution < 1.29 is 5.11 Å². The van der Waals surface area contributed by atoms with Crippen molar-refractivity contribution in [1.82, 2.24) is 0 Å². The van der Waals surface area contributed by atoms with Crippen LogP contribution in [0.15, 0.2) is 36.4 Å². The Morgan fingerprint density at radius 2 is 1.59 bits per heavy atom. The van der Waals surface area contributed by atoms with Gasteiger partial charge in [-0.05, 0) is 43.5 Å². The lowest BCUT2D eigenvalue weighted by Crippen LogP contribution is -1.86. The number of aromatic hydroxyl groups is 1. The largest absolute Gasteiger partial charge is 0.507 e. The molecule has 0 spiro atoms. The fraction of sp³-hybridized carbons (Fsp3) is 0.250.